The number of cyclic esters (lactones) is 1. The van der Waals surface area contributed by atoms with Gasteiger partial charge in [-0.2, -0.15) is 0 Å². The van der Waals surface area contributed by atoms with E-state index in [1.54, 1.807) is 0 Å². The van der Waals surface area contributed by atoms with Crippen molar-refractivity contribution in [2.24, 2.45) is 11.8 Å². The van der Waals surface area contributed by atoms with Gasteiger partial charge >= 0.3 is 6.09 Å². The molecule has 1 aliphatic carbocycles. The Bertz CT molecular complexity index is 338. The molecule has 0 bridgehead atoms. The number of carbonyl (C=O) groups is 2. The van der Waals surface area contributed by atoms with E-state index in [0.29, 0.717) is 19.1 Å². The van der Waals surface area contributed by atoms with Crippen molar-refractivity contribution in [2.45, 2.75) is 32.6 Å². The molecule has 2 unspecified atom stereocenters. The maximum Gasteiger partial charge on any atom is 0.416 e. The third-order valence-electron chi connectivity index (χ3n) is 3.48. The van der Waals surface area contributed by atoms with Crippen LogP contribution in [0.25, 0.3) is 0 Å². The molecule has 2 amide bonds. The summed E-state index contributed by atoms with van der Waals surface area (Å²) in [6.45, 7) is 2.91. The number of carbonyl (C=O) groups excluding carboxylic acids is 2. The molecule has 0 radical (unpaired) electrons. The molecule has 2 atom stereocenters. The van der Waals surface area contributed by atoms with Crippen molar-refractivity contribution in [3.8, 4) is 0 Å². The topological polar surface area (TPSA) is 46.6 Å². The highest BCUT2D eigenvalue weighted by Crippen LogP contribution is 2.25. The zero-order chi connectivity index (χ0) is 12.3. The average molecular weight is 237 g/mol. The zero-order valence-electron chi connectivity index (χ0n) is 10.2. The van der Waals surface area contributed by atoms with Crippen LogP contribution in [0.2, 0.25) is 0 Å². The smallest absolute Gasteiger partial charge is 0.416 e. The van der Waals surface area contributed by atoms with Gasteiger partial charge in [0, 0.05) is 5.92 Å². The highest BCUT2D eigenvalue weighted by Gasteiger charge is 2.33. The van der Waals surface area contributed by atoms with Crippen molar-refractivity contribution in [2.75, 3.05) is 13.2 Å². The summed E-state index contributed by atoms with van der Waals surface area (Å²) < 4.78 is 4.81. The number of amides is 2. The lowest BCUT2D eigenvalue weighted by Gasteiger charge is -2.23. The van der Waals surface area contributed by atoms with E-state index in [1.807, 2.05) is 0 Å². The molecule has 4 nitrogen and oxygen atoms in total. The summed E-state index contributed by atoms with van der Waals surface area (Å²) in [5.74, 6) is 0.408. The van der Waals surface area contributed by atoms with Gasteiger partial charge in [0.15, 0.2) is 0 Å². The highest BCUT2D eigenvalue weighted by atomic mass is 16.6. The monoisotopic (exact) mass is 237 g/mol. The zero-order valence-corrected chi connectivity index (χ0v) is 10.2. The molecule has 2 aliphatic rings. The van der Waals surface area contributed by atoms with Gasteiger partial charge in [-0.25, -0.2) is 9.69 Å². The van der Waals surface area contributed by atoms with Gasteiger partial charge in [0.05, 0.1) is 6.54 Å². The molecule has 0 aromatic carbocycles. The second kappa shape index (κ2) is 5.34. The van der Waals surface area contributed by atoms with Gasteiger partial charge in [0.1, 0.15) is 6.61 Å². The van der Waals surface area contributed by atoms with Crippen molar-refractivity contribution >= 4 is 12.0 Å². The molecule has 0 aromatic heterocycles. The summed E-state index contributed by atoms with van der Waals surface area (Å²) in [4.78, 5) is 24.8. The third-order valence-corrected chi connectivity index (χ3v) is 3.48. The molecule has 0 spiro atoms. The first-order chi connectivity index (χ1) is 8.18. The molecular formula is C13H19NO3. The summed E-state index contributed by atoms with van der Waals surface area (Å²) in [5, 5.41) is 0. The standard InChI is InChI=1S/C13H19NO3/c1-10-5-3-2-4-6-11(9-10)12(15)14-7-8-17-13(14)16/h2,4,10-11H,3,5-9H2,1H3/b4-2-. The Morgan fingerprint density at radius 3 is 3.00 bits per heavy atom. The molecule has 4 heteroatoms. The van der Waals surface area contributed by atoms with Gasteiger partial charge in [-0.15, -0.1) is 0 Å². The van der Waals surface area contributed by atoms with E-state index in [1.165, 1.54) is 4.90 Å². The summed E-state index contributed by atoms with van der Waals surface area (Å²) in [6, 6.07) is 0. The fourth-order valence-corrected chi connectivity index (χ4v) is 2.47. The number of nitrogens with zero attached hydrogens (tertiary/aromatic N) is 1. The van der Waals surface area contributed by atoms with E-state index < -0.39 is 6.09 Å². The average Bonchev–Trinajstić information content (AvgIpc) is 2.69. The minimum atomic E-state index is -0.478. The van der Waals surface area contributed by atoms with Gasteiger partial charge in [-0.1, -0.05) is 19.1 Å². The van der Waals surface area contributed by atoms with Crippen LogP contribution in [0.3, 0.4) is 0 Å². The Hall–Kier alpha value is -1.32. The number of hydrogen-bond acceptors (Lipinski definition) is 3. The molecule has 1 saturated heterocycles. The molecule has 0 saturated carbocycles. The SMILES string of the molecule is CC1CC/C=C\CC(C(=O)N2CCOC2=O)C1. The summed E-state index contributed by atoms with van der Waals surface area (Å²) in [5.41, 5.74) is 0. The summed E-state index contributed by atoms with van der Waals surface area (Å²) >= 11 is 0. The Labute approximate surface area is 102 Å². The second-order valence-electron chi connectivity index (χ2n) is 4.93. The minimum Gasteiger partial charge on any atom is -0.447 e. The Kier molecular flexibility index (Phi) is 3.82. The van der Waals surface area contributed by atoms with Crippen molar-refractivity contribution in [1.82, 2.24) is 4.90 Å². The number of hydrogen-bond donors (Lipinski definition) is 0. The molecule has 94 valence electrons. The van der Waals surface area contributed by atoms with E-state index >= 15 is 0 Å². The van der Waals surface area contributed by atoms with E-state index in [2.05, 4.69) is 19.1 Å². The highest BCUT2D eigenvalue weighted by molar-refractivity contribution is 5.94. The maximum atomic E-state index is 12.2. The molecule has 0 aromatic rings. The first-order valence-corrected chi connectivity index (χ1v) is 6.31. The number of allylic oxidation sites excluding steroid dienone is 2. The van der Waals surface area contributed by atoms with E-state index in [0.717, 1.165) is 25.7 Å². The molecule has 1 aliphatic heterocycles. The van der Waals surface area contributed by atoms with Crippen LogP contribution in [0.5, 0.6) is 0 Å². The normalized spacial score (nSPS) is 31.6. The summed E-state index contributed by atoms with van der Waals surface area (Å²) in [7, 11) is 0. The first-order valence-electron chi connectivity index (χ1n) is 6.31. The van der Waals surface area contributed by atoms with Gasteiger partial charge in [-0.3, -0.25) is 4.79 Å². The Morgan fingerprint density at radius 2 is 2.29 bits per heavy atom. The fourth-order valence-electron chi connectivity index (χ4n) is 2.47. The largest absolute Gasteiger partial charge is 0.447 e. The second-order valence-corrected chi connectivity index (χ2v) is 4.93. The molecule has 2 rings (SSSR count). The number of imide groups is 1. The van der Waals surface area contributed by atoms with Gasteiger partial charge < -0.3 is 4.74 Å². The van der Waals surface area contributed by atoms with Crippen LogP contribution in [-0.2, 0) is 9.53 Å². The molecule has 0 N–H and O–H groups in total. The molecule has 1 fully saturated rings. The fraction of sp³-hybridized carbons (Fsp3) is 0.692. The quantitative estimate of drug-likeness (QED) is 0.658. The van der Waals surface area contributed by atoms with Crippen LogP contribution in [0.4, 0.5) is 4.79 Å². The van der Waals surface area contributed by atoms with Crippen LogP contribution in [0.1, 0.15) is 32.6 Å². The van der Waals surface area contributed by atoms with Crippen LogP contribution in [-0.4, -0.2) is 30.1 Å². The van der Waals surface area contributed by atoms with Crippen molar-refractivity contribution in [1.29, 1.82) is 0 Å². The van der Waals surface area contributed by atoms with Gasteiger partial charge in [0.2, 0.25) is 5.91 Å². The number of ether oxygens (including phenoxy) is 1. The van der Waals surface area contributed by atoms with E-state index in [-0.39, 0.29) is 11.8 Å². The van der Waals surface area contributed by atoms with Gasteiger partial charge in [0.25, 0.3) is 0 Å². The van der Waals surface area contributed by atoms with Crippen molar-refractivity contribution < 1.29 is 14.3 Å². The minimum absolute atomic E-state index is 0.0628. The van der Waals surface area contributed by atoms with Crippen molar-refractivity contribution in [3.05, 3.63) is 12.2 Å². The van der Waals surface area contributed by atoms with Crippen LogP contribution >= 0.6 is 0 Å². The van der Waals surface area contributed by atoms with E-state index in [4.69, 9.17) is 4.74 Å². The van der Waals surface area contributed by atoms with Crippen LogP contribution < -0.4 is 0 Å². The third kappa shape index (κ3) is 2.87. The first kappa shape index (κ1) is 12.1. The molecule has 17 heavy (non-hydrogen) atoms. The maximum absolute atomic E-state index is 12.2. The predicted octanol–water partition coefficient (Wildman–Crippen LogP) is 2.35. The van der Waals surface area contributed by atoms with Crippen LogP contribution in [0, 0.1) is 11.8 Å². The van der Waals surface area contributed by atoms with Crippen LogP contribution in [0.15, 0.2) is 12.2 Å². The lowest BCUT2D eigenvalue weighted by Crippen LogP contribution is -2.37. The molecule has 1 heterocycles. The predicted molar refractivity (Wildman–Crippen MR) is 63.3 cm³/mol. The van der Waals surface area contributed by atoms with E-state index in [9.17, 15) is 9.59 Å². The van der Waals surface area contributed by atoms with Gasteiger partial charge in [-0.05, 0) is 31.6 Å². The van der Waals surface area contributed by atoms with Crippen molar-refractivity contribution in [3.63, 3.8) is 0 Å². The Balaban J connectivity index is 2.03. The Morgan fingerprint density at radius 1 is 1.47 bits per heavy atom. The summed E-state index contributed by atoms with van der Waals surface area (Å²) in [6.07, 6.45) is 7.54. The molecular weight excluding hydrogens is 218 g/mol. The lowest BCUT2D eigenvalue weighted by molar-refractivity contribution is -0.132. The lowest BCUT2D eigenvalue weighted by atomic mass is 9.87. The number of rotatable bonds is 1.